The molecule has 66 valence electrons. The first kappa shape index (κ1) is 9.98. The van der Waals surface area contributed by atoms with Gasteiger partial charge in [0.1, 0.15) is 0 Å². The van der Waals surface area contributed by atoms with Crippen molar-refractivity contribution in [2.75, 3.05) is 6.61 Å². The second kappa shape index (κ2) is 4.81. The van der Waals surface area contributed by atoms with Crippen LogP contribution in [0.2, 0.25) is 0 Å². The summed E-state index contributed by atoms with van der Waals surface area (Å²) in [4.78, 5) is 12.1. The van der Waals surface area contributed by atoms with Gasteiger partial charge in [0.25, 0.3) is 0 Å². The van der Waals surface area contributed by atoms with E-state index in [0.717, 1.165) is 4.88 Å². The van der Waals surface area contributed by atoms with E-state index in [0.29, 0.717) is 13.0 Å². The van der Waals surface area contributed by atoms with Crippen molar-refractivity contribution in [2.24, 2.45) is 0 Å². The summed E-state index contributed by atoms with van der Waals surface area (Å²) in [6, 6.07) is 3.96. The van der Waals surface area contributed by atoms with Gasteiger partial charge in [0.15, 0.2) is 0 Å². The van der Waals surface area contributed by atoms with Crippen LogP contribution in [0.1, 0.15) is 11.8 Å². The third-order valence-corrected chi connectivity index (χ3v) is 3.15. The minimum atomic E-state index is -0.143. The monoisotopic (exact) mass is 296 g/mol. The molecule has 1 heterocycles. The van der Waals surface area contributed by atoms with Gasteiger partial charge in [-0.3, -0.25) is 4.79 Å². The molecule has 4 heteroatoms. The summed E-state index contributed by atoms with van der Waals surface area (Å²) in [7, 11) is 0. The fraction of sp³-hybridized carbons (Fsp3) is 0.375. The van der Waals surface area contributed by atoms with E-state index in [-0.39, 0.29) is 5.97 Å². The Labute approximate surface area is 89.1 Å². The Balaban J connectivity index is 2.46. The predicted octanol–water partition coefficient (Wildman–Crippen LogP) is 2.46. The zero-order valence-corrected chi connectivity index (χ0v) is 9.65. The quantitative estimate of drug-likeness (QED) is 0.632. The molecule has 1 aromatic heterocycles. The minimum absolute atomic E-state index is 0.143. The summed E-state index contributed by atoms with van der Waals surface area (Å²) in [5.41, 5.74) is 0. The molecule has 0 saturated heterocycles. The number of rotatable bonds is 3. The van der Waals surface area contributed by atoms with E-state index >= 15 is 0 Å². The summed E-state index contributed by atoms with van der Waals surface area (Å²) < 4.78 is 6.02. The van der Waals surface area contributed by atoms with Crippen LogP contribution in [0.4, 0.5) is 0 Å². The highest BCUT2D eigenvalue weighted by molar-refractivity contribution is 14.1. The topological polar surface area (TPSA) is 26.3 Å². The van der Waals surface area contributed by atoms with Crippen LogP contribution >= 0.6 is 33.9 Å². The molecule has 0 aliphatic carbocycles. The molecule has 2 nitrogen and oxygen atoms in total. The highest BCUT2D eigenvalue weighted by atomic mass is 127. The van der Waals surface area contributed by atoms with Crippen molar-refractivity contribution in [1.82, 2.24) is 0 Å². The van der Waals surface area contributed by atoms with Crippen molar-refractivity contribution in [3.8, 4) is 0 Å². The van der Waals surface area contributed by atoms with Gasteiger partial charge in [0, 0.05) is 4.88 Å². The lowest BCUT2D eigenvalue weighted by Crippen LogP contribution is -2.05. The molecule has 0 N–H and O–H groups in total. The SMILES string of the molecule is CCOC(=O)Cc1ccc(I)s1. The molecule has 1 aromatic rings. The first-order valence-electron chi connectivity index (χ1n) is 3.62. The smallest absolute Gasteiger partial charge is 0.311 e. The number of thiophene rings is 1. The summed E-state index contributed by atoms with van der Waals surface area (Å²) >= 11 is 3.86. The molecule has 0 amide bonds. The number of hydrogen-bond donors (Lipinski definition) is 0. The molecular weight excluding hydrogens is 287 g/mol. The molecule has 0 atom stereocenters. The van der Waals surface area contributed by atoms with Crippen molar-refractivity contribution in [3.63, 3.8) is 0 Å². The normalized spacial score (nSPS) is 9.83. The molecule has 0 bridgehead atoms. The number of carbonyl (C=O) groups excluding carboxylic acids is 1. The van der Waals surface area contributed by atoms with Crippen LogP contribution in [0.5, 0.6) is 0 Å². The fourth-order valence-corrected chi connectivity index (χ4v) is 2.54. The maximum Gasteiger partial charge on any atom is 0.311 e. The average Bonchev–Trinajstić information content (AvgIpc) is 2.36. The van der Waals surface area contributed by atoms with Crippen LogP contribution in [0.25, 0.3) is 0 Å². The number of esters is 1. The largest absolute Gasteiger partial charge is 0.466 e. The lowest BCUT2D eigenvalue weighted by Gasteiger charge is -1.97. The van der Waals surface area contributed by atoms with Gasteiger partial charge < -0.3 is 4.74 Å². The molecule has 0 unspecified atom stereocenters. The third kappa shape index (κ3) is 3.10. The van der Waals surface area contributed by atoms with E-state index in [4.69, 9.17) is 4.74 Å². The van der Waals surface area contributed by atoms with Gasteiger partial charge in [-0.15, -0.1) is 11.3 Å². The molecule has 0 aromatic carbocycles. The first-order chi connectivity index (χ1) is 5.72. The van der Waals surface area contributed by atoms with Crippen molar-refractivity contribution in [1.29, 1.82) is 0 Å². The highest BCUT2D eigenvalue weighted by Gasteiger charge is 2.05. The summed E-state index contributed by atoms with van der Waals surface area (Å²) in [6.45, 7) is 2.28. The number of ether oxygens (including phenoxy) is 1. The van der Waals surface area contributed by atoms with Crippen molar-refractivity contribution in [2.45, 2.75) is 13.3 Å². The van der Waals surface area contributed by atoms with Gasteiger partial charge in [-0.2, -0.15) is 0 Å². The average molecular weight is 296 g/mol. The number of hydrogen-bond acceptors (Lipinski definition) is 3. The third-order valence-electron chi connectivity index (χ3n) is 1.25. The second-order valence-corrected chi connectivity index (χ2v) is 5.25. The van der Waals surface area contributed by atoms with E-state index in [1.165, 1.54) is 2.88 Å². The van der Waals surface area contributed by atoms with Crippen LogP contribution in [-0.4, -0.2) is 12.6 Å². The van der Waals surface area contributed by atoms with Gasteiger partial charge in [0.2, 0.25) is 0 Å². The number of halogens is 1. The molecule has 0 radical (unpaired) electrons. The van der Waals surface area contributed by atoms with Gasteiger partial charge in [-0.25, -0.2) is 0 Å². The summed E-state index contributed by atoms with van der Waals surface area (Å²) in [5.74, 6) is -0.143. The summed E-state index contributed by atoms with van der Waals surface area (Å²) in [5, 5.41) is 0. The molecule has 0 fully saturated rings. The van der Waals surface area contributed by atoms with E-state index < -0.39 is 0 Å². The molecule has 0 spiro atoms. The van der Waals surface area contributed by atoms with E-state index in [2.05, 4.69) is 22.6 Å². The van der Waals surface area contributed by atoms with Gasteiger partial charge in [-0.05, 0) is 41.6 Å². The predicted molar refractivity (Wildman–Crippen MR) is 57.4 cm³/mol. The highest BCUT2D eigenvalue weighted by Crippen LogP contribution is 2.18. The molecule has 1 rings (SSSR count). The fourth-order valence-electron chi connectivity index (χ4n) is 0.801. The van der Waals surface area contributed by atoms with Crippen molar-refractivity contribution >= 4 is 39.9 Å². The van der Waals surface area contributed by atoms with Gasteiger partial charge in [0.05, 0.1) is 15.9 Å². The van der Waals surface area contributed by atoms with Crippen LogP contribution in [-0.2, 0) is 16.0 Å². The van der Waals surface area contributed by atoms with Crippen LogP contribution in [0.3, 0.4) is 0 Å². The van der Waals surface area contributed by atoms with Crippen LogP contribution in [0.15, 0.2) is 12.1 Å². The first-order valence-corrected chi connectivity index (χ1v) is 5.51. The van der Waals surface area contributed by atoms with Crippen molar-refractivity contribution in [3.05, 3.63) is 19.9 Å². The lowest BCUT2D eigenvalue weighted by molar-refractivity contribution is -0.142. The van der Waals surface area contributed by atoms with E-state index in [1.54, 1.807) is 11.3 Å². The Bertz CT molecular complexity index is 270. The van der Waals surface area contributed by atoms with E-state index in [9.17, 15) is 4.79 Å². The Morgan fingerprint density at radius 2 is 2.42 bits per heavy atom. The Morgan fingerprint density at radius 1 is 1.67 bits per heavy atom. The molecular formula is C8H9IO2S. The molecule has 0 aliphatic rings. The summed E-state index contributed by atoms with van der Waals surface area (Å²) in [6.07, 6.45) is 0.404. The molecule has 0 saturated carbocycles. The zero-order valence-electron chi connectivity index (χ0n) is 6.67. The Hall–Kier alpha value is -0.100. The van der Waals surface area contributed by atoms with Crippen molar-refractivity contribution < 1.29 is 9.53 Å². The Morgan fingerprint density at radius 3 is 2.92 bits per heavy atom. The Kier molecular flexibility index (Phi) is 4.00. The van der Waals surface area contributed by atoms with E-state index in [1.807, 2.05) is 19.1 Å². The lowest BCUT2D eigenvalue weighted by atomic mass is 10.3. The second-order valence-electron chi connectivity index (χ2n) is 2.19. The standard InChI is InChI=1S/C8H9IO2S/c1-2-11-8(10)5-6-3-4-7(9)12-6/h3-4H,2,5H2,1H3. The van der Waals surface area contributed by atoms with Crippen LogP contribution < -0.4 is 0 Å². The molecule has 0 aliphatic heterocycles. The molecule has 12 heavy (non-hydrogen) atoms. The maximum absolute atomic E-state index is 11.0. The minimum Gasteiger partial charge on any atom is -0.466 e. The zero-order chi connectivity index (χ0) is 8.97. The van der Waals surface area contributed by atoms with Crippen LogP contribution in [0, 0.1) is 2.88 Å². The van der Waals surface area contributed by atoms with Gasteiger partial charge >= 0.3 is 5.97 Å². The van der Waals surface area contributed by atoms with Gasteiger partial charge in [-0.1, -0.05) is 0 Å². The number of carbonyl (C=O) groups is 1. The maximum atomic E-state index is 11.0.